The van der Waals surface area contributed by atoms with Crippen molar-refractivity contribution in [2.75, 3.05) is 0 Å². The summed E-state index contributed by atoms with van der Waals surface area (Å²) >= 11 is 3.23. The van der Waals surface area contributed by atoms with Crippen LogP contribution >= 0.6 is 15.9 Å². The van der Waals surface area contributed by atoms with Gasteiger partial charge in [0.25, 0.3) is 0 Å². The van der Waals surface area contributed by atoms with Crippen molar-refractivity contribution in [2.45, 2.75) is 25.8 Å². The van der Waals surface area contributed by atoms with Gasteiger partial charge in [-0.15, -0.1) is 0 Å². The molecule has 2 N–H and O–H groups in total. The average molecular weight is 218 g/mol. The van der Waals surface area contributed by atoms with Crippen LogP contribution in [0.3, 0.4) is 0 Å². The molecule has 0 unspecified atom stereocenters. The lowest BCUT2D eigenvalue weighted by atomic mass is 10.1. The fourth-order valence-electron chi connectivity index (χ4n) is 0.981. The SMILES string of the molecule is CCC[C@@H](N)c1ccc(Br)o1. The summed E-state index contributed by atoms with van der Waals surface area (Å²) in [5.74, 6) is 0.860. The van der Waals surface area contributed by atoms with E-state index in [0.717, 1.165) is 23.3 Å². The highest BCUT2D eigenvalue weighted by Gasteiger charge is 2.08. The van der Waals surface area contributed by atoms with E-state index in [9.17, 15) is 0 Å². The van der Waals surface area contributed by atoms with Crippen molar-refractivity contribution in [3.05, 3.63) is 22.6 Å². The Hall–Kier alpha value is -0.280. The molecule has 0 saturated carbocycles. The van der Waals surface area contributed by atoms with E-state index in [4.69, 9.17) is 10.2 Å². The molecule has 1 aromatic heterocycles. The van der Waals surface area contributed by atoms with E-state index in [1.165, 1.54) is 0 Å². The van der Waals surface area contributed by atoms with E-state index in [2.05, 4.69) is 22.9 Å². The first-order chi connectivity index (χ1) is 5.24. The molecule has 0 saturated heterocycles. The molecule has 0 fully saturated rings. The number of halogens is 1. The summed E-state index contributed by atoms with van der Waals surface area (Å²) < 4.78 is 6.04. The van der Waals surface area contributed by atoms with E-state index in [1.54, 1.807) is 0 Å². The number of nitrogens with two attached hydrogens (primary N) is 1. The summed E-state index contributed by atoms with van der Waals surface area (Å²) in [5, 5.41) is 0. The maximum absolute atomic E-state index is 5.80. The molecule has 3 heteroatoms. The van der Waals surface area contributed by atoms with Crippen LogP contribution in [-0.4, -0.2) is 0 Å². The van der Waals surface area contributed by atoms with E-state index in [0.29, 0.717) is 0 Å². The molecular weight excluding hydrogens is 206 g/mol. The van der Waals surface area contributed by atoms with E-state index in [1.807, 2.05) is 12.1 Å². The predicted octanol–water partition coefficient (Wildman–Crippen LogP) is 2.84. The third-order valence-electron chi connectivity index (χ3n) is 1.56. The van der Waals surface area contributed by atoms with Gasteiger partial charge in [-0.3, -0.25) is 0 Å². The molecule has 0 aliphatic heterocycles. The van der Waals surface area contributed by atoms with E-state index < -0.39 is 0 Å². The smallest absolute Gasteiger partial charge is 0.169 e. The Morgan fingerprint density at radius 1 is 1.64 bits per heavy atom. The molecule has 11 heavy (non-hydrogen) atoms. The largest absolute Gasteiger partial charge is 0.453 e. The molecule has 0 aromatic carbocycles. The second kappa shape index (κ2) is 3.93. The van der Waals surface area contributed by atoms with Crippen LogP contribution in [0, 0.1) is 0 Å². The zero-order valence-electron chi connectivity index (χ0n) is 6.51. The molecule has 2 nitrogen and oxygen atoms in total. The van der Waals surface area contributed by atoms with Crippen molar-refractivity contribution in [1.29, 1.82) is 0 Å². The first-order valence-electron chi connectivity index (χ1n) is 3.75. The Labute approximate surface area is 74.9 Å². The highest BCUT2D eigenvalue weighted by molar-refractivity contribution is 9.10. The first kappa shape index (κ1) is 8.81. The standard InChI is InChI=1S/C8H12BrNO/c1-2-3-6(10)7-4-5-8(9)11-7/h4-6H,2-3,10H2,1H3/t6-/m1/s1. The summed E-state index contributed by atoms with van der Waals surface area (Å²) in [6, 6.07) is 3.82. The van der Waals surface area contributed by atoms with Crippen molar-refractivity contribution < 1.29 is 4.42 Å². The van der Waals surface area contributed by atoms with Crippen LogP contribution in [0.2, 0.25) is 0 Å². The van der Waals surface area contributed by atoms with Gasteiger partial charge >= 0.3 is 0 Å². The van der Waals surface area contributed by atoms with Crippen molar-refractivity contribution >= 4 is 15.9 Å². The Bertz CT molecular complexity index is 222. The third-order valence-corrected chi connectivity index (χ3v) is 1.99. The van der Waals surface area contributed by atoms with Gasteiger partial charge in [-0.05, 0) is 34.5 Å². The molecule has 0 bridgehead atoms. The van der Waals surface area contributed by atoms with Gasteiger partial charge in [-0.25, -0.2) is 0 Å². The van der Waals surface area contributed by atoms with Crippen LogP contribution in [0.1, 0.15) is 31.6 Å². The topological polar surface area (TPSA) is 39.2 Å². The quantitative estimate of drug-likeness (QED) is 0.847. The second-order valence-electron chi connectivity index (χ2n) is 2.54. The molecule has 0 amide bonds. The number of rotatable bonds is 3. The van der Waals surface area contributed by atoms with Gasteiger partial charge in [0.15, 0.2) is 4.67 Å². The van der Waals surface area contributed by atoms with Crippen molar-refractivity contribution in [3.8, 4) is 0 Å². The fourth-order valence-corrected chi connectivity index (χ4v) is 1.30. The van der Waals surface area contributed by atoms with Crippen LogP contribution in [0.5, 0.6) is 0 Å². The van der Waals surface area contributed by atoms with Gasteiger partial charge in [0.05, 0.1) is 6.04 Å². The molecule has 1 heterocycles. The number of hydrogen-bond donors (Lipinski definition) is 1. The summed E-state index contributed by atoms with van der Waals surface area (Å²) in [5.41, 5.74) is 5.80. The normalized spacial score (nSPS) is 13.4. The molecular formula is C8H12BrNO. The molecule has 0 aliphatic rings. The van der Waals surface area contributed by atoms with Gasteiger partial charge < -0.3 is 10.2 Å². The summed E-state index contributed by atoms with van der Waals surface area (Å²) in [6.45, 7) is 2.11. The average Bonchev–Trinajstić information content (AvgIpc) is 2.36. The van der Waals surface area contributed by atoms with Gasteiger partial charge in [0, 0.05) is 0 Å². The molecule has 1 atom stereocenters. The van der Waals surface area contributed by atoms with Gasteiger partial charge in [0.1, 0.15) is 5.76 Å². The maximum atomic E-state index is 5.80. The van der Waals surface area contributed by atoms with Gasteiger partial charge in [0.2, 0.25) is 0 Å². The lowest BCUT2D eigenvalue weighted by molar-refractivity contribution is 0.435. The minimum Gasteiger partial charge on any atom is -0.453 e. The number of hydrogen-bond acceptors (Lipinski definition) is 2. The zero-order valence-corrected chi connectivity index (χ0v) is 8.10. The third kappa shape index (κ3) is 2.34. The number of furan rings is 1. The monoisotopic (exact) mass is 217 g/mol. The van der Waals surface area contributed by atoms with Crippen molar-refractivity contribution in [3.63, 3.8) is 0 Å². The van der Waals surface area contributed by atoms with Crippen molar-refractivity contribution in [1.82, 2.24) is 0 Å². The van der Waals surface area contributed by atoms with Crippen LogP contribution in [0.15, 0.2) is 21.2 Å². The Kier molecular flexibility index (Phi) is 3.15. The van der Waals surface area contributed by atoms with Crippen LogP contribution in [0.4, 0.5) is 0 Å². The Morgan fingerprint density at radius 2 is 2.36 bits per heavy atom. The lowest BCUT2D eigenvalue weighted by Crippen LogP contribution is -2.08. The van der Waals surface area contributed by atoms with Crippen LogP contribution in [-0.2, 0) is 0 Å². The van der Waals surface area contributed by atoms with E-state index in [-0.39, 0.29) is 6.04 Å². The first-order valence-corrected chi connectivity index (χ1v) is 4.54. The highest BCUT2D eigenvalue weighted by atomic mass is 79.9. The maximum Gasteiger partial charge on any atom is 0.169 e. The Balaban J connectivity index is 2.60. The minimum absolute atomic E-state index is 0.0475. The molecule has 62 valence electrons. The fraction of sp³-hybridized carbons (Fsp3) is 0.500. The van der Waals surface area contributed by atoms with Gasteiger partial charge in [-0.1, -0.05) is 13.3 Å². The van der Waals surface area contributed by atoms with Crippen molar-refractivity contribution in [2.24, 2.45) is 5.73 Å². The minimum atomic E-state index is 0.0475. The lowest BCUT2D eigenvalue weighted by Gasteiger charge is -2.04. The van der Waals surface area contributed by atoms with E-state index >= 15 is 0 Å². The molecule has 0 radical (unpaired) electrons. The second-order valence-corrected chi connectivity index (χ2v) is 3.32. The molecule has 0 aliphatic carbocycles. The molecule has 0 spiro atoms. The summed E-state index contributed by atoms with van der Waals surface area (Å²) in [6.07, 6.45) is 2.05. The highest BCUT2D eigenvalue weighted by Crippen LogP contribution is 2.21. The molecule has 1 aromatic rings. The van der Waals surface area contributed by atoms with Crippen LogP contribution < -0.4 is 5.73 Å². The zero-order chi connectivity index (χ0) is 8.27. The summed E-state index contributed by atoms with van der Waals surface area (Å²) in [4.78, 5) is 0. The summed E-state index contributed by atoms with van der Waals surface area (Å²) in [7, 11) is 0. The Morgan fingerprint density at radius 3 is 2.82 bits per heavy atom. The molecule has 1 rings (SSSR count). The van der Waals surface area contributed by atoms with Crippen LogP contribution in [0.25, 0.3) is 0 Å². The van der Waals surface area contributed by atoms with Gasteiger partial charge in [-0.2, -0.15) is 0 Å². The predicted molar refractivity (Wildman–Crippen MR) is 48.2 cm³/mol.